The first-order valence-electron chi connectivity index (χ1n) is 8.05. The molecule has 0 aliphatic rings. The van der Waals surface area contributed by atoms with Gasteiger partial charge in [-0.2, -0.15) is 18.2 Å². The summed E-state index contributed by atoms with van der Waals surface area (Å²) in [4.78, 5) is 15.6. The number of benzene rings is 2. The summed E-state index contributed by atoms with van der Waals surface area (Å²) in [6.45, 7) is 1.84. The van der Waals surface area contributed by atoms with Crippen LogP contribution in [-0.4, -0.2) is 24.2 Å². The minimum Gasteiger partial charge on any atom is -0.261 e. The number of hydrogen-bond donors (Lipinski definition) is 0. The average Bonchev–Trinajstić information content (AvgIpc) is 2.61. The van der Waals surface area contributed by atoms with Crippen LogP contribution in [0.25, 0.3) is 16.9 Å². The number of aryl methyl sites for hydroxylation is 1. The third kappa shape index (κ3) is 3.99. The van der Waals surface area contributed by atoms with Crippen LogP contribution in [0.5, 0.6) is 0 Å². The zero-order chi connectivity index (χ0) is 20.7. The molecule has 0 atom stereocenters. The van der Waals surface area contributed by atoms with Gasteiger partial charge in [-0.3, -0.25) is 4.57 Å². The average molecular weight is 408 g/mol. The van der Waals surface area contributed by atoms with Gasteiger partial charge in [0.1, 0.15) is 0 Å². The molecule has 0 spiro atoms. The van der Waals surface area contributed by atoms with Gasteiger partial charge in [-0.05, 0) is 42.8 Å². The highest BCUT2D eigenvalue weighted by molar-refractivity contribution is 7.90. The lowest BCUT2D eigenvalue weighted by Crippen LogP contribution is -2.27. The molecule has 0 aliphatic carbocycles. The van der Waals surface area contributed by atoms with Crippen molar-refractivity contribution in [3.05, 3.63) is 76.3 Å². The number of sulfone groups is 1. The van der Waals surface area contributed by atoms with Crippen LogP contribution in [0.15, 0.2) is 64.3 Å². The smallest absolute Gasteiger partial charge is 0.261 e. The molecular weight excluding hydrogens is 393 g/mol. The van der Waals surface area contributed by atoms with Gasteiger partial charge in [0.2, 0.25) is 0 Å². The maximum absolute atomic E-state index is 13.2. The molecule has 0 radical (unpaired) electrons. The lowest BCUT2D eigenvalue weighted by Gasteiger charge is -2.15. The molecule has 3 rings (SSSR count). The Balaban J connectivity index is 2.29. The summed E-state index contributed by atoms with van der Waals surface area (Å²) in [5.41, 5.74) is -0.937. The molecule has 28 heavy (non-hydrogen) atoms. The molecule has 0 saturated carbocycles. The third-order valence-corrected chi connectivity index (χ3v) is 5.21. The van der Waals surface area contributed by atoms with E-state index in [1.807, 2.05) is 6.92 Å². The quantitative estimate of drug-likeness (QED) is 0.664. The fourth-order valence-corrected chi connectivity index (χ4v) is 3.29. The van der Waals surface area contributed by atoms with Gasteiger partial charge in [-0.1, -0.05) is 29.8 Å². The van der Waals surface area contributed by atoms with E-state index in [2.05, 4.69) is 4.98 Å². The highest BCUT2D eigenvalue weighted by Gasteiger charge is 2.34. The van der Waals surface area contributed by atoms with Crippen LogP contribution in [-0.2, 0) is 16.0 Å². The SMILES string of the molecule is Cc1ccc(-n2c(-c3ccc(S(C)(=O)=O)cc3)cc(C(F)(F)F)nc2=O)cc1. The van der Waals surface area contributed by atoms with Gasteiger partial charge >= 0.3 is 11.9 Å². The fraction of sp³-hybridized carbons (Fsp3) is 0.158. The van der Waals surface area contributed by atoms with Crippen LogP contribution in [0.3, 0.4) is 0 Å². The maximum atomic E-state index is 13.2. The topological polar surface area (TPSA) is 69.0 Å². The lowest BCUT2D eigenvalue weighted by atomic mass is 10.1. The predicted molar refractivity (Wildman–Crippen MR) is 98.1 cm³/mol. The molecule has 0 amide bonds. The first-order chi connectivity index (χ1) is 13.0. The number of nitrogens with zero attached hydrogens (tertiary/aromatic N) is 2. The van der Waals surface area contributed by atoms with Crippen molar-refractivity contribution in [3.63, 3.8) is 0 Å². The standard InChI is InChI=1S/C19H15F3N2O3S/c1-12-3-7-14(8-4-12)24-16(11-17(19(20,21)22)23-18(24)25)13-5-9-15(10-6-13)28(2,26)27/h3-11H,1-2H3. The monoisotopic (exact) mass is 408 g/mol. The van der Waals surface area contributed by atoms with Gasteiger partial charge in [0.15, 0.2) is 15.5 Å². The van der Waals surface area contributed by atoms with Gasteiger partial charge < -0.3 is 0 Å². The van der Waals surface area contributed by atoms with E-state index >= 15 is 0 Å². The zero-order valence-corrected chi connectivity index (χ0v) is 15.7. The van der Waals surface area contributed by atoms with Crippen molar-refractivity contribution in [1.82, 2.24) is 9.55 Å². The molecule has 0 fully saturated rings. The van der Waals surface area contributed by atoms with E-state index in [1.165, 1.54) is 24.3 Å². The lowest BCUT2D eigenvalue weighted by molar-refractivity contribution is -0.141. The van der Waals surface area contributed by atoms with Crippen molar-refractivity contribution in [2.24, 2.45) is 0 Å². The third-order valence-electron chi connectivity index (χ3n) is 4.08. The van der Waals surface area contributed by atoms with Crippen molar-refractivity contribution < 1.29 is 21.6 Å². The van der Waals surface area contributed by atoms with E-state index < -0.39 is 27.4 Å². The number of aromatic nitrogens is 2. The summed E-state index contributed by atoms with van der Waals surface area (Å²) in [7, 11) is -3.47. The van der Waals surface area contributed by atoms with Gasteiger partial charge in [-0.15, -0.1) is 0 Å². The largest absolute Gasteiger partial charge is 0.433 e. The Morgan fingerprint density at radius 1 is 0.964 bits per heavy atom. The highest BCUT2D eigenvalue weighted by atomic mass is 32.2. The van der Waals surface area contributed by atoms with Crippen LogP contribution in [0.1, 0.15) is 11.3 Å². The van der Waals surface area contributed by atoms with E-state index in [9.17, 15) is 26.4 Å². The highest BCUT2D eigenvalue weighted by Crippen LogP contribution is 2.31. The minimum absolute atomic E-state index is 0.0191. The molecule has 0 aliphatic heterocycles. The Hall–Kier alpha value is -2.94. The van der Waals surface area contributed by atoms with E-state index in [-0.39, 0.29) is 16.2 Å². The molecule has 0 unspecified atom stereocenters. The maximum Gasteiger partial charge on any atom is 0.433 e. The van der Waals surface area contributed by atoms with E-state index in [1.54, 1.807) is 24.3 Å². The van der Waals surface area contributed by atoms with Crippen molar-refractivity contribution in [2.45, 2.75) is 18.0 Å². The van der Waals surface area contributed by atoms with Gasteiger partial charge in [0, 0.05) is 6.26 Å². The van der Waals surface area contributed by atoms with Crippen LogP contribution in [0.2, 0.25) is 0 Å². The number of rotatable bonds is 3. The predicted octanol–water partition coefficient (Wildman–Crippen LogP) is 3.63. The molecule has 1 heterocycles. The molecule has 0 saturated heterocycles. The number of alkyl halides is 3. The normalized spacial score (nSPS) is 12.2. The van der Waals surface area contributed by atoms with Crippen molar-refractivity contribution in [2.75, 3.05) is 6.26 Å². The molecule has 146 valence electrons. The number of hydrogen-bond acceptors (Lipinski definition) is 4. The van der Waals surface area contributed by atoms with Crippen molar-refractivity contribution in [3.8, 4) is 16.9 Å². The van der Waals surface area contributed by atoms with Crippen LogP contribution in [0.4, 0.5) is 13.2 Å². The first-order valence-corrected chi connectivity index (χ1v) is 9.95. The van der Waals surface area contributed by atoms with E-state index in [0.717, 1.165) is 22.5 Å². The van der Waals surface area contributed by atoms with Gasteiger partial charge in [0.05, 0.1) is 16.3 Å². The summed E-state index contributed by atoms with van der Waals surface area (Å²) in [6.07, 6.45) is -3.77. The molecule has 5 nitrogen and oxygen atoms in total. The second-order valence-electron chi connectivity index (χ2n) is 6.27. The van der Waals surface area contributed by atoms with Crippen LogP contribution >= 0.6 is 0 Å². The van der Waals surface area contributed by atoms with Crippen molar-refractivity contribution in [1.29, 1.82) is 0 Å². The summed E-state index contributed by atoms with van der Waals surface area (Å²) >= 11 is 0. The molecule has 3 aromatic rings. The molecule has 9 heteroatoms. The van der Waals surface area contributed by atoms with Crippen LogP contribution in [0, 0.1) is 6.92 Å². The summed E-state index contributed by atoms with van der Waals surface area (Å²) in [5, 5.41) is 0. The minimum atomic E-state index is -4.80. The molecule has 2 aromatic carbocycles. The van der Waals surface area contributed by atoms with E-state index in [0.29, 0.717) is 5.69 Å². The Bertz CT molecular complexity index is 1180. The second-order valence-corrected chi connectivity index (χ2v) is 8.29. The summed E-state index contributed by atoms with van der Waals surface area (Å²) < 4.78 is 63.9. The Morgan fingerprint density at radius 3 is 2.04 bits per heavy atom. The second kappa shape index (κ2) is 6.90. The molecule has 0 bridgehead atoms. The fourth-order valence-electron chi connectivity index (χ4n) is 2.66. The Labute approximate surface area is 159 Å². The molecule has 0 N–H and O–H groups in total. The summed E-state index contributed by atoms with van der Waals surface area (Å²) in [5.74, 6) is 0. The molecule has 1 aromatic heterocycles. The first kappa shape index (κ1) is 19.8. The summed E-state index contributed by atoms with van der Waals surface area (Å²) in [6, 6.07) is 12.7. The van der Waals surface area contributed by atoms with E-state index in [4.69, 9.17) is 0 Å². The van der Waals surface area contributed by atoms with Crippen LogP contribution < -0.4 is 5.69 Å². The van der Waals surface area contributed by atoms with Gasteiger partial charge in [-0.25, -0.2) is 13.2 Å². The zero-order valence-electron chi connectivity index (χ0n) is 14.9. The molecular formula is C19H15F3N2O3S. The Kier molecular flexibility index (Phi) is 4.88. The van der Waals surface area contributed by atoms with Gasteiger partial charge in [0.25, 0.3) is 0 Å². The Morgan fingerprint density at radius 2 is 1.54 bits per heavy atom. The van der Waals surface area contributed by atoms with Crippen molar-refractivity contribution >= 4 is 9.84 Å². The number of halogens is 3.